The Bertz CT molecular complexity index is 939. The second-order valence-electron chi connectivity index (χ2n) is 10.2. The highest BCUT2D eigenvalue weighted by molar-refractivity contribution is 6.74. The molecule has 2 heterocycles. The van der Waals surface area contributed by atoms with Crippen LogP contribution < -0.4 is 15.0 Å². The first-order valence-electron chi connectivity index (χ1n) is 11.0. The molecule has 3 atom stereocenters. The smallest absolute Gasteiger partial charge is 0.250 e. The maximum Gasteiger partial charge on any atom is 0.250 e. The van der Waals surface area contributed by atoms with Crippen LogP contribution in [-0.4, -0.2) is 39.5 Å². The van der Waals surface area contributed by atoms with Gasteiger partial charge in [-0.15, -0.1) is 0 Å². The third-order valence-corrected chi connectivity index (χ3v) is 11.8. The normalized spacial score (nSPS) is 26.3. The summed E-state index contributed by atoms with van der Waals surface area (Å²) in [6, 6.07) is 18.0. The van der Waals surface area contributed by atoms with Gasteiger partial charge in [0.15, 0.2) is 8.32 Å². The minimum Gasteiger partial charge on any atom is -0.497 e. The zero-order valence-electron chi connectivity index (χ0n) is 19.4. The molecular formula is C25H34N2O3Si. The molecule has 2 fully saturated rings. The third kappa shape index (κ3) is 3.71. The summed E-state index contributed by atoms with van der Waals surface area (Å²) >= 11 is 0. The average molecular weight is 439 g/mol. The summed E-state index contributed by atoms with van der Waals surface area (Å²) in [6.07, 6.45) is 0.749. The van der Waals surface area contributed by atoms with Crippen LogP contribution in [0.25, 0.3) is 0 Å². The molecule has 5 nitrogen and oxygen atoms in total. The summed E-state index contributed by atoms with van der Waals surface area (Å²) in [4.78, 5) is 15.5. The summed E-state index contributed by atoms with van der Waals surface area (Å²) in [6.45, 7) is 12.0. The van der Waals surface area contributed by atoms with Gasteiger partial charge in [-0.25, -0.2) is 0 Å². The lowest BCUT2D eigenvalue weighted by Gasteiger charge is -2.55. The van der Waals surface area contributed by atoms with Gasteiger partial charge in [-0.1, -0.05) is 51.1 Å². The summed E-state index contributed by atoms with van der Waals surface area (Å²) in [7, 11) is -0.265. The molecule has 2 aliphatic heterocycles. The van der Waals surface area contributed by atoms with Crippen molar-refractivity contribution in [2.45, 2.75) is 63.0 Å². The molecule has 0 saturated carbocycles. The number of rotatable bonds is 5. The lowest BCUT2D eigenvalue weighted by atomic mass is 9.73. The zero-order chi connectivity index (χ0) is 22.4. The standard InChI is InChI=1S/C25H34N2O3Si/c1-24(2,3)31(5,6)30-21-16-25(26-17-21)22(18-10-8-7-9-11-18)27(23(25)28)19-12-14-20(29-4)15-13-19/h7-15,21-22,26H,16-17H2,1-6H3/t21-,22+,25-/m1/s1. The molecule has 1 amide bonds. The van der Waals surface area contributed by atoms with Crippen LogP contribution in [0, 0.1) is 0 Å². The Morgan fingerprint density at radius 1 is 1.06 bits per heavy atom. The van der Waals surface area contributed by atoms with Crippen LogP contribution in [0.4, 0.5) is 5.69 Å². The predicted molar refractivity (Wildman–Crippen MR) is 127 cm³/mol. The van der Waals surface area contributed by atoms with E-state index in [9.17, 15) is 4.79 Å². The monoisotopic (exact) mass is 438 g/mol. The van der Waals surface area contributed by atoms with Crippen molar-refractivity contribution in [2.75, 3.05) is 18.6 Å². The molecule has 31 heavy (non-hydrogen) atoms. The van der Waals surface area contributed by atoms with Crippen LogP contribution in [0.15, 0.2) is 54.6 Å². The first kappa shape index (κ1) is 22.1. The van der Waals surface area contributed by atoms with Gasteiger partial charge in [0.2, 0.25) is 0 Å². The highest BCUT2D eigenvalue weighted by Crippen LogP contribution is 2.51. The van der Waals surface area contributed by atoms with Gasteiger partial charge in [-0.3, -0.25) is 10.1 Å². The van der Waals surface area contributed by atoms with Crippen LogP contribution in [0.3, 0.4) is 0 Å². The van der Waals surface area contributed by atoms with E-state index in [-0.39, 0.29) is 23.1 Å². The van der Waals surface area contributed by atoms with Crippen LogP contribution in [0.1, 0.15) is 38.8 Å². The quantitative estimate of drug-likeness (QED) is 0.533. The Kier molecular flexibility index (Phi) is 5.52. The lowest BCUT2D eigenvalue weighted by molar-refractivity contribution is -0.134. The van der Waals surface area contributed by atoms with Crippen LogP contribution in [0.2, 0.25) is 18.1 Å². The van der Waals surface area contributed by atoms with Crippen molar-refractivity contribution in [3.63, 3.8) is 0 Å². The first-order chi connectivity index (χ1) is 14.6. The number of amides is 1. The Labute approximate surface area is 186 Å². The van der Waals surface area contributed by atoms with Gasteiger partial charge in [0.1, 0.15) is 11.3 Å². The molecule has 0 bridgehead atoms. The minimum atomic E-state index is -1.91. The van der Waals surface area contributed by atoms with Crippen molar-refractivity contribution in [1.82, 2.24) is 5.32 Å². The molecule has 2 aromatic carbocycles. The fourth-order valence-electron chi connectivity index (χ4n) is 4.53. The molecule has 6 heteroatoms. The SMILES string of the molecule is COc1ccc(N2C(=O)[C@@]3(C[C@@H](O[Si](C)(C)C(C)(C)C)CN3)[C@@H]2c2ccccc2)cc1. The Hall–Kier alpha value is -2.15. The molecule has 0 aromatic heterocycles. The van der Waals surface area contributed by atoms with Crippen molar-refractivity contribution in [2.24, 2.45) is 0 Å². The largest absolute Gasteiger partial charge is 0.497 e. The molecule has 4 rings (SSSR count). The minimum absolute atomic E-state index is 0.0501. The number of nitrogens with one attached hydrogen (secondary N) is 1. The molecular weight excluding hydrogens is 404 g/mol. The van der Waals surface area contributed by atoms with Crippen LogP contribution >= 0.6 is 0 Å². The molecule has 0 aliphatic carbocycles. The molecule has 2 aromatic rings. The number of anilines is 1. The van der Waals surface area contributed by atoms with Gasteiger partial charge in [0, 0.05) is 18.7 Å². The number of nitrogens with zero attached hydrogens (tertiary/aromatic N) is 1. The van der Waals surface area contributed by atoms with Crippen molar-refractivity contribution < 1.29 is 14.0 Å². The Balaban J connectivity index is 1.63. The average Bonchev–Trinajstić information content (AvgIpc) is 3.17. The lowest BCUT2D eigenvalue weighted by Crippen LogP contribution is -2.73. The maximum absolute atomic E-state index is 13.6. The van der Waals surface area contributed by atoms with Crippen LogP contribution in [-0.2, 0) is 9.22 Å². The molecule has 166 valence electrons. The van der Waals surface area contributed by atoms with Gasteiger partial charge in [0.25, 0.3) is 5.91 Å². The highest BCUT2D eigenvalue weighted by atomic mass is 28.4. The van der Waals surface area contributed by atoms with E-state index in [1.165, 1.54) is 0 Å². The number of methoxy groups -OCH3 is 1. The van der Waals surface area contributed by atoms with Crippen molar-refractivity contribution in [1.29, 1.82) is 0 Å². The second kappa shape index (κ2) is 7.76. The maximum atomic E-state index is 13.6. The predicted octanol–water partition coefficient (Wildman–Crippen LogP) is 4.91. The summed E-state index contributed by atoms with van der Waals surface area (Å²) in [5, 5.41) is 3.73. The number of β-lactam (4-membered cyclic amide) rings is 1. The van der Waals surface area contributed by atoms with E-state index in [0.717, 1.165) is 17.0 Å². The number of hydrogen-bond donors (Lipinski definition) is 1. The molecule has 2 saturated heterocycles. The van der Waals surface area contributed by atoms with Gasteiger partial charge in [0.05, 0.1) is 19.3 Å². The van der Waals surface area contributed by atoms with Crippen molar-refractivity contribution in [3.8, 4) is 5.75 Å². The zero-order valence-corrected chi connectivity index (χ0v) is 20.4. The number of benzene rings is 2. The van der Waals surface area contributed by atoms with Crippen molar-refractivity contribution >= 4 is 19.9 Å². The van der Waals surface area contributed by atoms with Crippen LogP contribution in [0.5, 0.6) is 5.75 Å². The number of carbonyl (C=O) groups is 1. The molecule has 0 unspecified atom stereocenters. The van der Waals surface area contributed by atoms with Gasteiger partial charge >= 0.3 is 0 Å². The number of hydrogen-bond acceptors (Lipinski definition) is 4. The van der Waals surface area contributed by atoms with Gasteiger partial charge in [-0.05, 0) is 48.0 Å². The molecule has 2 aliphatic rings. The first-order valence-corrected chi connectivity index (χ1v) is 14.0. The Morgan fingerprint density at radius 3 is 2.29 bits per heavy atom. The topological polar surface area (TPSA) is 50.8 Å². The van der Waals surface area contributed by atoms with E-state index in [2.05, 4.69) is 51.3 Å². The number of carbonyl (C=O) groups excluding carboxylic acids is 1. The van der Waals surface area contributed by atoms with E-state index in [4.69, 9.17) is 9.16 Å². The van der Waals surface area contributed by atoms with E-state index in [0.29, 0.717) is 13.0 Å². The van der Waals surface area contributed by atoms with Crippen molar-refractivity contribution in [3.05, 3.63) is 60.2 Å². The number of ether oxygens (including phenoxy) is 1. The van der Waals surface area contributed by atoms with E-state index < -0.39 is 13.9 Å². The summed E-state index contributed by atoms with van der Waals surface area (Å²) in [5.74, 6) is 0.900. The fourth-order valence-corrected chi connectivity index (χ4v) is 5.88. The molecule has 1 spiro atoms. The molecule has 1 N–H and O–H groups in total. The van der Waals surface area contributed by atoms with E-state index in [1.807, 2.05) is 47.4 Å². The van der Waals surface area contributed by atoms with Gasteiger partial charge < -0.3 is 14.1 Å². The van der Waals surface area contributed by atoms with E-state index >= 15 is 0 Å². The summed E-state index contributed by atoms with van der Waals surface area (Å²) < 4.78 is 12.0. The molecule has 0 radical (unpaired) electrons. The fraction of sp³-hybridized carbons (Fsp3) is 0.480. The Morgan fingerprint density at radius 2 is 1.71 bits per heavy atom. The van der Waals surface area contributed by atoms with Gasteiger partial charge in [-0.2, -0.15) is 0 Å². The second-order valence-corrected chi connectivity index (χ2v) is 15.0. The highest BCUT2D eigenvalue weighted by Gasteiger charge is 2.65. The summed E-state index contributed by atoms with van der Waals surface area (Å²) in [5.41, 5.74) is 1.41. The van der Waals surface area contributed by atoms with E-state index in [1.54, 1.807) is 7.11 Å². The third-order valence-electron chi connectivity index (χ3n) is 7.25.